The molecule has 2 heterocycles. The molecule has 0 spiro atoms. The lowest BCUT2D eigenvalue weighted by atomic mass is 10.1. The Labute approximate surface area is 192 Å². The minimum Gasteiger partial charge on any atom is -0.494 e. The molecule has 4 rings (SSSR count). The summed E-state index contributed by atoms with van der Waals surface area (Å²) in [5.74, 6) is 1.72. The highest BCUT2D eigenvalue weighted by molar-refractivity contribution is 7.91. The van der Waals surface area contributed by atoms with E-state index in [0.29, 0.717) is 40.9 Å². The number of hydrogen-bond donors (Lipinski definition) is 0. The molecule has 2 aromatic carbocycles. The van der Waals surface area contributed by atoms with Gasteiger partial charge in [0, 0.05) is 22.2 Å². The van der Waals surface area contributed by atoms with Crippen LogP contribution in [0.4, 0.5) is 0 Å². The van der Waals surface area contributed by atoms with Crippen LogP contribution in [-0.2, 0) is 16.4 Å². The van der Waals surface area contributed by atoms with Crippen LogP contribution in [0.5, 0.6) is 5.75 Å². The topological polar surface area (TPSA) is 76.8 Å². The maximum absolute atomic E-state index is 13.4. The summed E-state index contributed by atoms with van der Waals surface area (Å²) in [4.78, 5) is 15.0. The highest BCUT2D eigenvalue weighted by Gasteiger charge is 2.35. The molecule has 1 fully saturated rings. The molecule has 3 aromatic rings. The van der Waals surface area contributed by atoms with Crippen molar-refractivity contribution in [3.63, 3.8) is 0 Å². The van der Waals surface area contributed by atoms with Gasteiger partial charge in [-0.05, 0) is 74.0 Å². The van der Waals surface area contributed by atoms with E-state index in [1.807, 2.05) is 31.2 Å². The van der Waals surface area contributed by atoms with Crippen LogP contribution >= 0.6 is 11.6 Å². The molecule has 8 heteroatoms. The third-order valence-electron chi connectivity index (χ3n) is 5.44. The summed E-state index contributed by atoms with van der Waals surface area (Å²) in [6.07, 6.45) is 0.413. The van der Waals surface area contributed by atoms with Crippen molar-refractivity contribution in [2.24, 2.45) is 0 Å². The van der Waals surface area contributed by atoms with Crippen molar-refractivity contribution < 1.29 is 22.4 Å². The normalized spacial score (nSPS) is 17.2. The fourth-order valence-electron chi connectivity index (χ4n) is 3.81. The smallest absolute Gasteiger partial charge is 0.254 e. The zero-order valence-corrected chi connectivity index (χ0v) is 19.2. The number of sulfone groups is 1. The van der Waals surface area contributed by atoms with E-state index in [2.05, 4.69) is 0 Å². The van der Waals surface area contributed by atoms with E-state index in [-0.39, 0.29) is 24.0 Å². The summed E-state index contributed by atoms with van der Waals surface area (Å²) in [5.41, 5.74) is 1.34. The molecule has 1 atom stereocenters. The number of ether oxygens (including phenoxy) is 1. The Morgan fingerprint density at radius 3 is 2.44 bits per heavy atom. The van der Waals surface area contributed by atoms with Gasteiger partial charge in [-0.3, -0.25) is 4.79 Å². The van der Waals surface area contributed by atoms with E-state index in [4.69, 9.17) is 20.8 Å². The van der Waals surface area contributed by atoms with Crippen LogP contribution in [0.15, 0.2) is 65.1 Å². The number of furan rings is 1. The molecule has 1 amide bonds. The summed E-state index contributed by atoms with van der Waals surface area (Å²) in [6, 6.07) is 17.4. The van der Waals surface area contributed by atoms with Crippen molar-refractivity contribution in [3.05, 3.63) is 77.0 Å². The largest absolute Gasteiger partial charge is 0.494 e. The molecule has 1 aliphatic heterocycles. The summed E-state index contributed by atoms with van der Waals surface area (Å²) in [6.45, 7) is 2.61. The first kappa shape index (κ1) is 22.4. The minimum absolute atomic E-state index is 0.0412. The highest BCUT2D eigenvalue weighted by Crippen LogP contribution is 2.27. The van der Waals surface area contributed by atoms with Gasteiger partial charge in [-0.1, -0.05) is 11.6 Å². The monoisotopic (exact) mass is 473 g/mol. The number of nitrogens with zero attached hydrogens (tertiary/aromatic N) is 1. The van der Waals surface area contributed by atoms with E-state index < -0.39 is 15.9 Å². The van der Waals surface area contributed by atoms with Gasteiger partial charge in [0.1, 0.15) is 17.3 Å². The second-order valence-electron chi connectivity index (χ2n) is 7.72. The Morgan fingerprint density at radius 1 is 1.09 bits per heavy atom. The Bertz CT molecular complexity index is 1190. The number of amides is 1. The summed E-state index contributed by atoms with van der Waals surface area (Å²) in [7, 11) is -3.16. The number of carbonyl (C=O) groups excluding carboxylic acids is 1. The Kier molecular flexibility index (Phi) is 6.58. The second-order valence-corrected chi connectivity index (χ2v) is 10.4. The van der Waals surface area contributed by atoms with Gasteiger partial charge in [0.15, 0.2) is 9.84 Å². The van der Waals surface area contributed by atoms with Crippen molar-refractivity contribution >= 4 is 27.3 Å². The maximum Gasteiger partial charge on any atom is 0.254 e. The second kappa shape index (κ2) is 9.38. The first-order chi connectivity index (χ1) is 15.3. The first-order valence-corrected chi connectivity index (χ1v) is 12.6. The van der Waals surface area contributed by atoms with Crippen molar-refractivity contribution in [1.82, 2.24) is 4.90 Å². The molecule has 6 nitrogen and oxygen atoms in total. The fourth-order valence-corrected chi connectivity index (χ4v) is 5.67. The summed E-state index contributed by atoms with van der Waals surface area (Å²) in [5, 5.41) is 0.634. The van der Waals surface area contributed by atoms with Crippen LogP contribution in [0.25, 0.3) is 11.3 Å². The van der Waals surface area contributed by atoms with E-state index in [9.17, 15) is 13.2 Å². The average Bonchev–Trinajstić information content (AvgIpc) is 3.39. The lowest BCUT2D eigenvalue weighted by Gasteiger charge is -2.27. The molecule has 168 valence electrons. The van der Waals surface area contributed by atoms with Crippen molar-refractivity contribution in [3.8, 4) is 17.1 Å². The van der Waals surface area contributed by atoms with Crippen LogP contribution < -0.4 is 4.74 Å². The van der Waals surface area contributed by atoms with Crippen LogP contribution in [0.3, 0.4) is 0 Å². The summed E-state index contributed by atoms with van der Waals surface area (Å²) < 4.78 is 35.6. The van der Waals surface area contributed by atoms with E-state index in [1.54, 1.807) is 41.3 Å². The first-order valence-electron chi connectivity index (χ1n) is 10.4. The number of halogens is 1. The molecule has 0 bridgehead atoms. The van der Waals surface area contributed by atoms with Crippen LogP contribution in [0.2, 0.25) is 5.02 Å². The molecule has 0 N–H and O–H groups in total. The summed E-state index contributed by atoms with van der Waals surface area (Å²) >= 11 is 5.96. The molecule has 1 unspecified atom stereocenters. The molecule has 1 saturated heterocycles. The van der Waals surface area contributed by atoms with Gasteiger partial charge >= 0.3 is 0 Å². The van der Waals surface area contributed by atoms with Crippen LogP contribution in [0.1, 0.15) is 29.5 Å². The zero-order valence-electron chi connectivity index (χ0n) is 17.7. The highest BCUT2D eigenvalue weighted by atomic mass is 35.5. The number of carbonyl (C=O) groups is 1. The Balaban J connectivity index is 1.58. The molecule has 1 aliphatic rings. The number of rotatable bonds is 7. The van der Waals surface area contributed by atoms with Gasteiger partial charge in [-0.25, -0.2) is 8.42 Å². The lowest BCUT2D eigenvalue weighted by molar-refractivity contribution is 0.0666. The van der Waals surface area contributed by atoms with Crippen molar-refractivity contribution in [2.75, 3.05) is 18.1 Å². The fraction of sp³-hybridized carbons (Fsp3) is 0.292. The standard InChI is InChI=1S/C24H24ClNO5S/c1-2-30-21-9-5-18(6-10-21)24(27)26(20-13-14-32(28,29)16-20)15-22-11-12-23(31-22)17-3-7-19(25)8-4-17/h3-12,20H,2,13-16H2,1H3. The molecule has 1 aromatic heterocycles. The van der Waals surface area contributed by atoms with Crippen molar-refractivity contribution in [1.29, 1.82) is 0 Å². The third kappa shape index (κ3) is 5.16. The van der Waals surface area contributed by atoms with Gasteiger partial charge in [0.2, 0.25) is 0 Å². The van der Waals surface area contributed by atoms with Crippen LogP contribution in [-0.4, -0.2) is 43.4 Å². The molecule has 0 radical (unpaired) electrons. The Hall–Kier alpha value is -2.77. The van der Waals surface area contributed by atoms with Gasteiger partial charge in [0.05, 0.1) is 24.7 Å². The number of hydrogen-bond acceptors (Lipinski definition) is 5. The SMILES string of the molecule is CCOc1ccc(C(=O)N(Cc2ccc(-c3ccc(Cl)cc3)o2)C2CCS(=O)(=O)C2)cc1. The predicted octanol–water partition coefficient (Wildman–Crippen LogP) is 4.83. The third-order valence-corrected chi connectivity index (χ3v) is 7.44. The van der Waals surface area contributed by atoms with E-state index in [0.717, 1.165) is 5.56 Å². The van der Waals surface area contributed by atoms with Crippen molar-refractivity contribution in [2.45, 2.75) is 25.9 Å². The predicted molar refractivity (Wildman–Crippen MR) is 124 cm³/mol. The zero-order chi connectivity index (χ0) is 22.7. The van der Waals surface area contributed by atoms with E-state index in [1.165, 1.54) is 0 Å². The van der Waals surface area contributed by atoms with Gasteiger partial charge in [-0.2, -0.15) is 0 Å². The Morgan fingerprint density at radius 2 is 1.81 bits per heavy atom. The molecule has 0 saturated carbocycles. The van der Waals surface area contributed by atoms with Gasteiger partial charge in [-0.15, -0.1) is 0 Å². The molecule has 0 aliphatic carbocycles. The number of benzene rings is 2. The van der Waals surface area contributed by atoms with Crippen LogP contribution in [0, 0.1) is 0 Å². The van der Waals surface area contributed by atoms with E-state index >= 15 is 0 Å². The minimum atomic E-state index is -3.16. The molecule has 32 heavy (non-hydrogen) atoms. The average molecular weight is 474 g/mol. The molecular weight excluding hydrogens is 450 g/mol. The lowest BCUT2D eigenvalue weighted by Crippen LogP contribution is -2.40. The maximum atomic E-state index is 13.4. The van der Waals surface area contributed by atoms with Gasteiger partial charge in [0.25, 0.3) is 5.91 Å². The quantitative estimate of drug-likeness (QED) is 0.491. The van der Waals surface area contributed by atoms with Gasteiger partial charge < -0.3 is 14.1 Å². The molecular formula is C24H24ClNO5S.